The highest BCUT2D eigenvalue weighted by atomic mass is 32.1. The van der Waals surface area contributed by atoms with Crippen LogP contribution in [-0.2, 0) is 12.8 Å². The van der Waals surface area contributed by atoms with Gasteiger partial charge in [-0.1, -0.05) is 19.9 Å². The Kier molecular flexibility index (Phi) is 4.34. The van der Waals surface area contributed by atoms with Gasteiger partial charge in [-0.2, -0.15) is 0 Å². The molecule has 4 nitrogen and oxygen atoms in total. The lowest BCUT2D eigenvalue weighted by Gasteiger charge is -2.31. The molecule has 5 heteroatoms. The van der Waals surface area contributed by atoms with Gasteiger partial charge in [0.05, 0.1) is 6.10 Å². The van der Waals surface area contributed by atoms with Crippen molar-refractivity contribution in [3.8, 4) is 0 Å². The number of furan rings is 1. The highest BCUT2D eigenvalue weighted by Crippen LogP contribution is 2.43. The molecule has 0 aliphatic heterocycles. The van der Waals surface area contributed by atoms with Crippen LogP contribution in [0, 0.1) is 12.3 Å². The minimum absolute atomic E-state index is 0.0103. The molecule has 0 fully saturated rings. The predicted molar refractivity (Wildman–Crippen MR) is 90.9 cm³/mol. The molecule has 0 saturated heterocycles. The maximum atomic E-state index is 12.4. The first-order valence-electron chi connectivity index (χ1n) is 7.98. The molecule has 2 aromatic rings. The van der Waals surface area contributed by atoms with Crippen LogP contribution in [0.15, 0.2) is 21.9 Å². The molecule has 0 radical (unpaired) electrons. The van der Waals surface area contributed by atoms with Crippen LogP contribution in [0.4, 0.5) is 0 Å². The monoisotopic (exact) mass is 333 g/mol. The Hall–Kier alpha value is -1.59. The van der Waals surface area contributed by atoms with Gasteiger partial charge >= 0.3 is 0 Å². The van der Waals surface area contributed by atoms with Crippen LogP contribution in [0.2, 0.25) is 0 Å². The summed E-state index contributed by atoms with van der Waals surface area (Å²) in [6, 6.07) is 4.07. The summed E-state index contributed by atoms with van der Waals surface area (Å²) in [4.78, 5) is 13.6. The van der Waals surface area contributed by atoms with Gasteiger partial charge in [0.25, 0.3) is 5.91 Å². The van der Waals surface area contributed by atoms with Gasteiger partial charge in [-0.25, -0.2) is 0 Å². The van der Waals surface area contributed by atoms with Crippen LogP contribution in [0.5, 0.6) is 0 Å². The quantitative estimate of drug-likeness (QED) is 0.898. The Balaban J connectivity index is 1.72. The summed E-state index contributed by atoms with van der Waals surface area (Å²) in [5, 5.41) is 15.3. The highest BCUT2D eigenvalue weighted by Gasteiger charge is 2.37. The van der Waals surface area contributed by atoms with Gasteiger partial charge in [0.15, 0.2) is 5.76 Å². The minimum Gasteiger partial charge on any atom is -0.455 e. The van der Waals surface area contributed by atoms with E-state index in [9.17, 15) is 9.90 Å². The Morgan fingerprint density at radius 1 is 1.52 bits per heavy atom. The molecule has 1 aliphatic carbocycles. The molecule has 0 spiro atoms. The van der Waals surface area contributed by atoms with E-state index in [4.69, 9.17) is 4.42 Å². The standard InChI is InChI=1S/C18H23NO3S/c1-11-15-13(20)9-18(2,3)10-14(15)22-16(11)17(21)19-7-6-12-5-4-8-23-12/h4-5,8,13,20H,6-7,9-10H2,1-3H3,(H,19,21)/t13-/m1/s1. The zero-order valence-corrected chi connectivity index (χ0v) is 14.6. The largest absolute Gasteiger partial charge is 0.455 e. The second kappa shape index (κ2) is 6.13. The second-order valence-corrected chi connectivity index (χ2v) is 8.07. The number of carbonyl (C=O) groups excluding carboxylic acids is 1. The van der Waals surface area contributed by atoms with Gasteiger partial charge in [0, 0.05) is 29.0 Å². The van der Waals surface area contributed by atoms with Crippen molar-refractivity contribution in [3.63, 3.8) is 0 Å². The van der Waals surface area contributed by atoms with Crippen molar-refractivity contribution in [1.29, 1.82) is 0 Å². The average molecular weight is 333 g/mol. The number of nitrogens with one attached hydrogen (secondary N) is 1. The zero-order chi connectivity index (χ0) is 16.6. The maximum absolute atomic E-state index is 12.4. The lowest BCUT2D eigenvalue weighted by atomic mass is 9.75. The van der Waals surface area contributed by atoms with Crippen LogP contribution in [0.3, 0.4) is 0 Å². The molecule has 0 unspecified atom stereocenters. The van der Waals surface area contributed by atoms with Gasteiger partial charge in [0.1, 0.15) is 5.76 Å². The number of thiophene rings is 1. The van der Waals surface area contributed by atoms with Crippen molar-refractivity contribution in [1.82, 2.24) is 5.32 Å². The molecule has 2 heterocycles. The van der Waals surface area contributed by atoms with Crippen molar-refractivity contribution in [2.24, 2.45) is 5.41 Å². The first-order valence-corrected chi connectivity index (χ1v) is 8.86. The fraction of sp³-hybridized carbons (Fsp3) is 0.500. The first kappa shape index (κ1) is 16.3. The van der Waals surface area contributed by atoms with Gasteiger partial charge in [0.2, 0.25) is 0 Å². The van der Waals surface area contributed by atoms with Crippen molar-refractivity contribution in [3.05, 3.63) is 45.0 Å². The molecule has 3 rings (SSSR count). The predicted octanol–water partition coefficient (Wildman–Crippen LogP) is 3.63. The molecule has 2 aromatic heterocycles. The summed E-state index contributed by atoms with van der Waals surface area (Å²) in [6.45, 7) is 6.66. The van der Waals surface area contributed by atoms with E-state index in [1.165, 1.54) is 4.88 Å². The van der Waals surface area contributed by atoms with Crippen LogP contribution < -0.4 is 5.32 Å². The second-order valence-electron chi connectivity index (χ2n) is 7.04. The maximum Gasteiger partial charge on any atom is 0.287 e. The number of carbonyl (C=O) groups is 1. The SMILES string of the molecule is Cc1c(C(=O)NCCc2cccs2)oc2c1[C@H](O)CC(C)(C)C2. The number of hydrogen-bond donors (Lipinski definition) is 2. The van der Waals surface area contributed by atoms with E-state index in [1.54, 1.807) is 11.3 Å². The third kappa shape index (κ3) is 3.35. The minimum atomic E-state index is -0.551. The number of amides is 1. The van der Waals surface area contributed by atoms with E-state index >= 15 is 0 Å². The van der Waals surface area contributed by atoms with Crippen LogP contribution in [-0.4, -0.2) is 17.6 Å². The lowest BCUT2D eigenvalue weighted by Crippen LogP contribution is -2.26. The van der Waals surface area contributed by atoms with Crippen LogP contribution in [0.25, 0.3) is 0 Å². The summed E-state index contributed by atoms with van der Waals surface area (Å²) in [6.07, 6.45) is 1.71. The molecule has 124 valence electrons. The highest BCUT2D eigenvalue weighted by molar-refractivity contribution is 7.09. The van der Waals surface area contributed by atoms with E-state index in [2.05, 4.69) is 25.2 Å². The third-order valence-electron chi connectivity index (χ3n) is 4.43. The molecule has 1 atom stereocenters. The molecule has 1 amide bonds. The van der Waals surface area contributed by atoms with E-state index in [0.717, 1.165) is 29.7 Å². The Bertz CT molecular complexity index is 700. The number of aliphatic hydroxyl groups excluding tert-OH is 1. The van der Waals surface area contributed by atoms with Gasteiger partial charge in [-0.15, -0.1) is 11.3 Å². The molecule has 0 bridgehead atoms. The number of aliphatic hydroxyl groups is 1. The van der Waals surface area contributed by atoms with Crippen molar-refractivity contribution >= 4 is 17.2 Å². The summed E-state index contributed by atoms with van der Waals surface area (Å²) in [7, 11) is 0. The molecule has 0 saturated carbocycles. The fourth-order valence-corrected chi connectivity index (χ4v) is 4.05. The van der Waals surface area contributed by atoms with E-state index in [0.29, 0.717) is 18.7 Å². The smallest absolute Gasteiger partial charge is 0.287 e. The third-order valence-corrected chi connectivity index (χ3v) is 5.37. The number of rotatable bonds is 4. The normalized spacial score (nSPS) is 19.4. The summed E-state index contributed by atoms with van der Waals surface area (Å²) >= 11 is 1.69. The number of hydrogen-bond acceptors (Lipinski definition) is 4. The molecule has 1 aliphatic rings. The zero-order valence-electron chi connectivity index (χ0n) is 13.8. The van der Waals surface area contributed by atoms with Crippen molar-refractivity contribution in [2.45, 2.75) is 46.1 Å². The lowest BCUT2D eigenvalue weighted by molar-refractivity contribution is 0.0885. The summed E-state index contributed by atoms with van der Waals surface area (Å²) in [5.41, 5.74) is 1.58. The Labute approximate surface area is 140 Å². The molecular formula is C18H23NO3S. The van der Waals surface area contributed by atoms with Gasteiger partial charge in [-0.3, -0.25) is 4.79 Å². The molecule has 23 heavy (non-hydrogen) atoms. The van der Waals surface area contributed by atoms with Crippen LogP contribution >= 0.6 is 11.3 Å². The van der Waals surface area contributed by atoms with E-state index in [-0.39, 0.29) is 11.3 Å². The summed E-state index contributed by atoms with van der Waals surface area (Å²) < 4.78 is 5.82. The Morgan fingerprint density at radius 2 is 2.30 bits per heavy atom. The van der Waals surface area contributed by atoms with Crippen molar-refractivity contribution in [2.75, 3.05) is 6.54 Å². The topological polar surface area (TPSA) is 62.5 Å². The summed E-state index contributed by atoms with van der Waals surface area (Å²) in [5.74, 6) is 0.908. The molecular weight excluding hydrogens is 310 g/mol. The van der Waals surface area contributed by atoms with Gasteiger partial charge < -0.3 is 14.8 Å². The Morgan fingerprint density at radius 3 is 3.00 bits per heavy atom. The van der Waals surface area contributed by atoms with E-state index in [1.807, 2.05) is 18.4 Å². The average Bonchev–Trinajstić information content (AvgIpc) is 3.05. The van der Waals surface area contributed by atoms with E-state index < -0.39 is 6.10 Å². The van der Waals surface area contributed by atoms with Crippen molar-refractivity contribution < 1.29 is 14.3 Å². The first-order chi connectivity index (χ1) is 10.9. The fourth-order valence-electron chi connectivity index (χ4n) is 3.34. The van der Waals surface area contributed by atoms with Crippen LogP contribution in [0.1, 0.15) is 58.7 Å². The van der Waals surface area contributed by atoms with Gasteiger partial charge in [-0.05, 0) is 36.6 Å². The molecule has 2 N–H and O–H groups in total. The number of fused-ring (bicyclic) bond motifs is 1. The molecule has 0 aromatic carbocycles.